The second kappa shape index (κ2) is 8.29. The molecule has 0 atom stereocenters. The van der Waals surface area contributed by atoms with Crippen molar-refractivity contribution in [1.29, 1.82) is 0 Å². The summed E-state index contributed by atoms with van der Waals surface area (Å²) in [6.45, 7) is -0.188. The van der Waals surface area contributed by atoms with Gasteiger partial charge in [0.05, 0.1) is 0 Å². The number of ketones is 1. The van der Waals surface area contributed by atoms with Crippen LogP contribution in [0.5, 0.6) is 5.75 Å². The number of hydrogen-bond donors (Lipinski definition) is 0. The maximum Gasteiger partial charge on any atom is 0.331 e. The SMILES string of the molecule is O=C(CN1C(=O)CCc2ccccc21)Oc1ccc(C(=O)c2ccc(F)cc2)cc1. The van der Waals surface area contributed by atoms with Crippen molar-refractivity contribution >= 4 is 23.3 Å². The van der Waals surface area contributed by atoms with Gasteiger partial charge in [-0.15, -0.1) is 0 Å². The van der Waals surface area contributed by atoms with Crippen molar-refractivity contribution in [1.82, 2.24) is 0 Å². The van der Waals surface area contributed by atoms with Gasteiger partial charge in [-0.2, -0.15) is 0 Å². The summed E-state index contributed by atoms with van der Waals surface area (Å²) in [4.78, 5) is 38.5. The van der Waals surface area contributed by atoms with Crippen LogP contribution < -0.4 is 9.64 Å². The van der Waals surface area contributed by atoms with Gasteiger partial charge in [0.2, 0.25) is 5.91 Å². The number of para-hydroxylation sites is 1. The minimum atomic E-state index is -0.572. The molecule has 0 N–H and O–H groups in total. The molecule has 0 radical (unpaired) electrons. The molecule has 0 aliphatic carbocycles. The highest BCUT2D eigenvalue weighted by atomic mass is 19.1. The topological polar surface area (TPSA) is 63.7 Å². The van der Waals surface area contributed by atoms with Crippen molar-refractivity contribution in [2.75, 3.05) is 11.4 Å². The molecule has 0 saturated heterocycles. The number of carbonyl (C=O) groups is 3. The van der Waals surface area contributed by atoms with E-state index in [2.05, 4.69) is 0 Å². The fraction of sp³-hybridized carbons (Fsp3) is 0.125. The van der Waals surface area contributed by atoms with E-state index in [1.807, 2.05) is 24.3 Å². The fourth-order valence-corrected chi connectivity index (χ4v) is 3.40. The van der Waals surface area contributed by atoms with Crippen LogP contribution in [0.1, 0.15) is 27.9 Å². The van der Waals surface area contributed by atoms with E-state index < -0.39 is 11.8 Å². The molecule has 1 aliphatic rings. The molecule has 3 aromatic carbocycles. The van der Waals surface area contributed by atoms with Crippen LogP contribution in [0.2, 0.25) is 0 Å². The molecule has 4 rings (SSSR count). The van der Waals surface area contributed by atoms with Gasteiger partial charge in [0, 0.05) is 23.2 Å². The Kier molecular flexibility index (Phi) is 5.39. The molecule has 6 heteroatoms. The van der Waals surface area contributed by atoms with Gasteiger partial charge in [-0.3, -0.25) is 9.59 Å². The summed E-state index contributed by atoms with van der Waals surface area (Å²) in [6, 6.07) is 18.9. The summed E-state index contributed by atoms with van der Waals surface area (Å²) >= 11 is 0. The zero-order valence-electron chi connectivity index (χ0n) is 16.0. The zero-order chi connectivity index (χ0) is 21.1. The molecule has 0 saturated carbocycles. The highest BCUT2D eigenvalue weighted by Gasteiger charge is 2.26. The Hall–Kier alpha value is -3.80. The van der Waals surface area contributed by atoms with E-state index in [1.165, 1.54) is 53.4 Å². The third-order valence-corrected chi connectivity index (χ3v) is 4.93. The number of nitrogens with zero attached hydrogens (tertiary/aromatic N) is 1. The Labute approximate surface area is 172 Å². The van der Waals surface area contributed by atoms with Crippen molar-refractivity contribution in [3.63, 3.8) is 0 Å². The van der Waals surface area contributed by atoms with Crippen LogP contribution in [0.25, 0.3) is 0 Å². The molecule has 0 spiro atoms. The van der Waals surface area contributed by atoms with Crippen molar-refractivity contribution in [2.45, 2.75) is 12.8 Å². The molecule has 0 fully saturated rings. The molecule has 150 valence electrons. The molecule has 30 heavy (non-hydrogen) atoms. The summed E-state index contributed by atoms with van der Waals surface area (Å²) in [6.07, 6.45) is 1.01. The third kappa shape index (κ3) is 4.12. The van der Waals surface area contributed by atoms with Crippen LogP contribution in [0.15, 0.2) is 72.8 Å². The molecule has 5 nitrogen and oxygen atoms in total. The fourth-order valence-electron chi connectivity index (χ4n) is 3.40. The molecule has 1 aliphatic heterocycles. The Morgan fingerprint density at radius 1 is 0.867 bits per heavy atom. The predicted molar refractivity (Wildman–Crippen MR) is 109 cm³/mol. The number of carbonyl (C=O) groups excluding carboxylic acids is 3. The van der Waals surface area contributed by atoms with Gasteiger partial charge in [0.25, 0.3) is 0 Å². The third-order valence-electron chi connectivity index (χ3n) is 4.93. The molecule has 3 aromatic rings. The lowest BCUT2D eigenvalue weighted by Gasteiger charge is -2.28. The number of ether oxygens (including phenoxy) is 1. The van der Waals surface area contributed by atoms with Gasteiger partial charge in [-0.25, -0.2) is 9.18 Å². The van der Waals surface area contributed by atoms with E-state index >= 15 is 0 Å². The molecular formula is C24H18FNO4. The van der Waals surface area contributed by atoms with Gasteiger partial charge >= 0.3 is 5.97 Å². The number of esters is 1. The predicted octanol–water partition coefficient (Wildman–Crippen LogP) is 3.94. The smallest absolute Gasteiger partial charge is 0.331 e. The molecule has 1 amide bonds. The summed E-state index contributed by atoms with van der Waals surface area (Å²) < 4.78 is 18.4. The number of amides is 1. The van der Waals surface area contributed by atoms with E-state index in [1.54, 1.807) is 0 Å². The second-order valence-corrected chi connectivity index (χ2v) is 6.94. The van der Waals surface area contributed by atoms with E-state index in [-0.39, 0.29) is 24.0 Å². The Morgan fingerprint density at radius 3 is 2.20 bits per heavy atom. The normalized spacial score (nSPS) is 13.0. The first kappa shape index (κ1) is 19.5. The molecule has 0 unspecified atom stereocenters. The molecular weight excluding hydrogens is 385 g/mol. The lowest BCUT2D eigenvalue weighted by molar-refractivity contribution is -0.134. The minimum Gasteiger partial charge on any atom is -0.425 e. The maximum atomic E-state index is 13.0. The number of benzene rings is 3. The summed E-state index contributed by atoms with van der Waals surface area (Å²) in [5.74, 6) is -1.09. The highest BCUT2D eigenvalue weighted by molar-refractivity contribution is 6.09. The first-order valence-corrected chi connectivity index (χ1v) is 9.50. The Bertz CT molecular complexity index is 1110. The van der Waals surface area contributed by atoms with Gasteiger partial charge in [-0.1, -0.05) is 18.2 Å². The van der Waals surface area contributed by atoms with Gasteiger partial charge in [-0.05, 0) is 66.6 Å². The number of fused-ring (bicyclic) bond motifs is 1. The average Bonchev–Trinajstić information content (AvgIpc) is 2.76. The Morgan fingerprint density at radius 2 is 1.50 bits per heavy atom. The first-order chi connectivity index (χ1) is 14.5. The summed E-state index contributed by atoms with van der Waals surface area (Å²) in [7, 11) is 0. The van der Waals surface area contributed by atoms with Gasteiger partial charge in [0.15, 0.2) is 5.78 Å². The van der Waals surface area contributed by atoms with Crippen molar-refractivity contribution < 1.29 is 23.5 Å². The number of halogens is 1. The Balaban J connectivity index is 1.42. The van der Waals surface area contributed by atoms with Crippen LogP contribution in [0, 0.1) is 5.82 Å². The largest absolute Gasteiger partial charge is 0.425 e. The van der Waals surface area contributed by atoms with E-state index in [4.69, 9.17) is 4.74 Å². The second-order valence-electron chi connectivity index (χ2n) is 6.94. The van der Waals surface area contributed by atoms with Gasteiger partial charge < -0.3 is 9.64 Å². The molecule has 0 bridgehead atoms. The van der Waals surface area contributed by atoms with Crippen LogP contribution in [-0.2, 0) is 16.0 Å². The number of anilines is 1. The lowest BCUT2D eigenvalue weighted by atomic mass is 10.0. The van der Waals surface area contributed by atoms with Crippen molar-refractivity contribution in [3.05, 3.63) is 95.3 Å². The van der Waals surface area contributed by atoms with Crippen molar-refractivity contribution in [2.24, 2.45) is 0 Å². The van der Waals surface area contributed by atoms with E-state index in [9.17, 15) is 18.8 Å². The standard InChI is InChI=1S/C24H18FNO4/c25-19-10-5-17(6-11-19)24(29)18-7-12-20(13-8-18)30-23(28)15-26-21-4-2-1-3-16(21)9-14-22(26)27/h1-8,10-13H,9,14-15H2. The first-order valence-electron chi connectivity index (χ1n) is 9.50. The molecule has 0 aromatic heterocycles. The zero-order valence-corrected chi connectivity index (χ0v) is 16.0. The van der Waals surface area contributed by atoms with Crippen molar-refractivity contribution in [3.8, 4) is 5.75 Å². The number of rotatable bonds is 5. The quantitative estimate of drug-likeness (QED) is 0.368. The van der Waals surface area contributed by atoms with E-state index in [0.29, 0.717) is 24.0 Å². The lowest BCUT2D eigenvalue weighted by Crippen LogP contribution is -2.40. The summed E-state index contributed by atoms with van der Waals surface area (Å²) in [5, 5.41) is 0. The average molecular weight is 403 g/mol. The highest BCUT2D eigenvalue weighted by Crippen LogP contribution is 2.27. The number of hydrogen-bond acceptors (Lipinski definition) is 4. The van der Waals surface area contributed by atoms with Crippen LogP contribution >= 0.6 is 0 Å². The minimum absolute atomic E-state index is 0.120. The summed E-state index contributed by atoms with van der Waals surface area (Å²) in [5.41, 5.74) is 2.50. The van der Waals surface area contributed by atoms with Crippen LogP contribution in [-0.4, -0.2) is 24.2 Å². The number of aryl methyl sites for hydroxylation is 1. The van der Waals surface area contributed by atoms with Crippen LogP contribution in [0.3, 0.4) is 0 Å². The van der Waals surface area contributed by atoms with Gasteiger partial charge in [0.1, 0.15) is 18.1 Å². The maximum absolute atomic E-state index is 13.0. The van der Waals surface area contributed by atoms with Crippen LogP contribution in [0.4, 0.5) is 10.1 Å². The monoisotopic (exact) mass is 403 g/mol. The van der Waals surface area contributed by atoms with E-state index in [0.717, 1.165) is 11.3 Å². The molecule has 1 heterocycles.